The van der Waals surface area contributed by atoms with Gasteiger partial charge in [0.15, 0.2) is 0 Å². The molecule has 1 heterocycles. The zero-order chi connectivity index (χ0) is 14.0. The van der Waals surface area contributed by atoms with Crippen molar-refractivity contribution in [3.05, 3.63) is 47.7 Å². The summed E-state index contributed by atoms with van der Waals surface area (Å²) in [5, 5.41) is 11.8. The molecule has 2 N–H and O–H groups in total. The normalized spacial score (nSPS) is 10.3. The fourth-order valence-corrected chi connectivity index (χ4v) is 1.80. The van der Waals surface area contributed by atoms with Gasteiger partial charge in [0.2, 0.25) is 0 Å². The average molecular weight is 264 g/mol. The lowest BCUT2D eigenvalue weighted by Crippen LogP contribution is -2.07. The maximum absolute atomic E-state index is 13.7. The molecule has 0 bridgehead atoms. The topological polar surface area (TPSA) is 62.2 Å². The Balaban J connectivity index is 2.75. The first-order chi connectivity index (χ1) is 9.04. The molecule has 6 heteroatoms. The van der Waals surface area contributed by atoms with Gasteiger partial charge in [0.25, 0.3) is 0 Å². The minimum absolute atomic E-state index is 0.0730. The van der Waals surface area contributed by atoms with Gasteiger partial charge in [-0.2, -0.15) is 0 Å². The molecule has 98 valence electrons. The number of halogens is 2. The Kier molecular flexibility index (Phi) is 3.41. The van der Waals surface area contributed by atoms with E-state index >= 15 is 0 Å². The molecule has 0 saturated heterocycles. The lowest BCUT2D eigenvalue weighted by atomic mass is 10.00. The summed E-state index contributed by atoms with van der Waals surface area (Å²) in [5.41, 5.74) is -0.241. The molecule has 1 aromatic heterocycles. The largest absolute Gasteiger partial charge is 0.478 e. The number of rotatable bonds is 3. The van der Waals surface area contributed by atoms with Gasteiger partial charge in [-0.25, -0.2) is 18.6 Å². The second-order valence-corrected chi connectivity index (χ2v) is 3.76. The first kappa shape index (κ1) is 12.9. The summed E-state index contributed by atoms with van der Waals surface area (Å²) < 4.78 is 26.9. The van der Waals surface area contributed by atoms with Crippen molar-refractivity contribution < 1.29 is 18.7 Å². The standard InChI is InChI=1S/C13H10F2N2O2/c1-16-12-11(13(18)19)8(4-5-17-12)9-6-7(14)2-3-10(9)15/h2-6H,1H3,(H,16,17)(H,18,19). The van der Waals surface area contributed by atoms with Crippen LogP contribution in [0, 0.1) is 11.6 Å². The Labute approximate surface area is 107 Å². The van der Waals surface area contributed by atoms with Gasteiger partial charge in [-0.1, -0.05) is 0 Å². The summed E-state index contributed by atoms with van der Waals surface area (Å²) >= 11 is 0. The van der Waals surface area contributed by atoms with E-state index in [-0.39, 0.29) is 22.5 Å². The predicted molar refractivity (Wildman–Crippen MR) is 66.1 cm³/mol. The first-order valence-electron chi connectivity index (χ1n) is 5.40. The Hall–Kier alpha value is -2.50. The number of carboxylic acid groups (broad SMARTS) is 1. The summed E-state index contributed by atoms with van der Waals surface area (Å²) in [4.78, 5) is 15.1. The summed E-state index contributed by atoms with van der Waals surface area (Å²) in [7, 11) is 1.50. The molecule has 1 aromatic carbocycles. The predicted octanol–water partition coefficient (Wildman–Crippen LogP) is 2.77. The number of carbonyl (C=O) groups is 1. The smallest absolute Gasteiger partial charge is 0.340 e. The number of aromatic nitrogens is 1. The van der Waals surface area contributed by atoms with E-state index in [2.05, 4.69) is 10.3 Å². The van der Waals surface area contributed by atoms with E-state index in [0.717, 1.165) is 18.2 Å². The van der Waals surface area contributed by atoms with Gasteiger partial charge >= 0.3 is 5.97 Å². The van der Waals surface area contributed by atoms with Crippen LogP contribution in [0.5, 0.6) is 0 Å². The van der Waals surface area contributed by atoms with Crippen LogP contribution in [-0.2, 0) is 0 Å². The Bertz CT molecular complexity index is 645. The fraction of sp³-hybridized carbons (Fsp3) is 0.0769. The lowest BCUT2D eigenvalue weighted by molar-refractivity contribution is 0.0698. The number of hydrogen-bond donors (Lipinski definition) is 2. The van der Waals surface area contributed by atoms with Crippen LogP contribution in [0.25, 0.3) is 11.1 Å². The SMILES string of the molecule is CNc1nccc(-c2cc(F)ccc2F)c1C(=O)O. The molecule has 0 radical (unpaired) electrons. The summed E-state index contributed by atoms with van der Waals surface area (Å²) in [6.45, 7) is 0. The molecular formula is C13H10F2N2O2. The van der Waals surface area contributed by atoms with Gasteiger partial charge in [0.05, 0.1) is 0 Å². The third kappa shape index (κ3) is 2.37. The molecule has 0 saturated carbocycles. The lowest BCUT2D eigenvalue weighted by Gasteiger charge is -2.11. The molecule has 0 unspecified atom stereocenters. The van der Waals surface area contributed by atoms with Crippen LogP contribution in [0.3, 0.4) is 0 Å². The van der Waals surface area contributed by atoms with Gasteiger partial charge < -0.3 is 10.4 Å². The number of carboxylic acids is 1. The summed E-state index contributed by atoms with van der Waals surface area (Å²) in [5.74, 6) is -2.52. The molecule has 0 amide bonds. The van der Waals surface area contributed by atoms with Crippen molar-refractivity contribution in [2.45, 2.75) is 0 Å². The molecule has 0 aliphatic rings. The molecule has 0 atom stereocenters. The van der Waals surface area contributed by atoms with Gasteiger partial charge in [0, 0.05) is 24.4 Å². The number of aromatic carboxylic acids is 1. The molecule has 0 fully saturated rings. The van der Waals surface area contributed by atoms with Gasteiger partial charge in [0.1, 0.15) is 23.0 Å². The quantitative estimate of drug-likeness (QED) is 0.894. The molecule has 0 aliphatic heterocycles. The highest BCUT2D eigenvalue weighted by molar-refractivity contribution is 6.00. The van der Waals surface area contributed by atoms with Crippen molar-refractivity contribution in [2.24, 2.45) is 0 Å². The molecule has 2 rings (SSSR count). The monoisotopic (exact) mass is 264 g/mol. The molecule has 2 aromatic rings. The minimum atomic E-state index is -1.27. The van der Waals surface area contributed by atoms with Crippen LogP contribution in [0.1, 0.15) is 10.4 Å². The number of nitrogens with zero attached hydrogens (tertiary/aromatic N) is 1. The number of hydrogen-bond acceptors (Lipinski definition) is 3. The Morgan fingerprint density at radius 3 is 2.63 bits per heavy atom. The Morgan fingerprint density at radius 2 is 2.00 bits per heavy atom. The molecule has 0 aliphatic carbocycles. The van der Waals surface area contributed by atoms with Crippen LogP contribution >= 0.6 is 0 Å². The van der Waals surface area contributed by atoms with E-state index in [0.29, 0.717) is 0 Å². The fourth-order valence-electron chi connectivity index (χ4n) is 1.80. The van der Waals surface area contributed by atoms with Crippen molar-refractivity contribution in [3.8, 4) is 11.1 Å². The Morgan fingerprint density at radius 1 is 1.26 bits per heavy atom. The highest BCUT2D eigenvalue weighted by Gasteiger charge is 2.19. The molecule has 19 heavy (non-hydrogen) atoms. The second kappa shape index (κ2) is 5.01. The van der Waals surface area contributed by atoms with E-state index in [1.165, 1.54) is 19.3 Å². The number of benzene rings is 1. The molecular weight excluding hydrogens is 254 g/mol. The summed E-state index contributed by atoms with van der Waals surface area (Å²) in [6, 6.07) is 4.22. The van der Waals surface area contributed by atoms with Gasteiger partial charge in [-0.15, -0.1) is 0 Å². The van der Waals surface area contributed by atoms with Crippen molar-refractivity contribution in [1.29, 1.82) is 0 Å². The van der Waals surface area contributed by atoms with Crippen LogP contribution in [-0.4, -0.2) is 23.1 Å². The van der Waals surface area contributed by atoms with Gasteiger partial charge in [-0.3, -0.25) is 0 Å². The number of anilines is 1. The second-order valence-electron chi connectivity index (χ2n) is 3.76. The number of nitrogens with one attached hydrogen (secondary N) is 1. The van der Waals surface area contributed by atoms with E-state index in [1.54, 1.807) is 0 Å². The third-order valence-electron chi connectivity index (χ3n) is 2.62. The van der Waals surface area contributed by atoms with Crippen LogP contribution < -0.4 is 5.32 Å². The van der Waals surface area contributed by atoms with Gasteiger partial charge in [-0.05, 0) is 24.3 Å². The van der Waals surface area contributed by atoms with E-state index in [4.69, 9.17) is 0 Å². The highest BCUT2D eigenvalue weighted by atomic mass is 19.1. The van der Waals surface area contributed by atoms with E-state index < -0.39 is 17.6 Å². The maximum atomic E-state index is 13.7. The zero-order valence-electron chi connectivity index (χ0n) is 9.95. The van der Waals surface area contributed by atoms with Crippen molar-refractivity contribution in [1.82, 2.24) is 4.98 Å². The van der Waals surface area contributed by atoms with E-state index in [9.17, 15) is 18.7 Å². The summed E-state index contributed by atoms with van der Waals surface area (Å²) in [6.07, 6.45) is 1.33. The minimum Gasteiger partial charge on any atom is -0.478 e. The molecule has 0 spiro atoms. The highest BCUT2D eigenvalue weighted by Crippen LogP contribution is 2.30. The van der Waals surface area contributed by atoms with E-state index in [1.807, 2.05) is 0 Å². The zero-order valence-corrected chi connectivity index (χ0v) is 9.95. The van der Waals surface area contributed by atoms with Crippen LogP contribution in [0.15, 0.2) is 30.5 Å². The molecule has 4 nitrogen and oxygen atoms in total. The van der Waals surface area contributed by atoms with Crippen molar-refractivity contribution in [2.75, 3.05) is 12.4 Å². The van der Waals surface area contributed by atoms with Crippen LogP contribution in [0.2, 0.25) is 0 Å². The first-order valence-corrected chi connectivity index (χ1v) is 5.40. The van der Waals surface area contributed by atoms with Crippen molar-refractivity contribution >= 4 is 11.8 Å². The third-order valence-corrected chi connectivity index (χ3v) is 2.62. The van der Waals surface area contributed by atoms with Crippen molar-refractivity contribution in [3.63, 3.8) is 0 Å². The number of pyridine rings is 1. The van der Waals surface area contributed by atoms with Crippen LogP contribution in [0.4, 0.5) is 14.6 Å². The maximum Gasteiger partial charge on any atom is 0.340 e. The average Bonchev–Trinajstić information content (AvgIpc) is 2.40.